The van der Waals surface area contributed by atoms with E-state index in [0.717, 1.165) is 12.8 Å². The molecule has 0 spiro atoms. The van der Waals surface area contributed by atoms with E-state index < -0.39 is 17.4 Å². The van der Waals surface area contributed by atoms with Crippen molar-refractivity contribution < 1.29 is 19.1 Å². The largest absolute Gasteiger partial charge is 0.479 e. The summed E-state index contributed by atoms with van der Waals surface area (Å²) in [5.74, 6) is -0.324. The molecular weight excluding hydrogens is 300 g/mol. The number of oxazole rings is 1. The molecule has 1 amide bonds. The maximum absolute atomic E-state index is 12.3. The first-order valence-corrected chi connectivity index (χ1v) is 7.36. The number of rotatable bonds is 5. The quantitative estimate of drug-likeness (QED) is 0.873. The van der Waals surface area contributed by atoms with Crippen LogP contribution in [0.3, 0.4) is 0 Å². The van der Waals surface area contributed by atoms with Gasteiger partial charge in [-0.2, -0.15) is 5.10 Å². The maximum Gasteiger partial charge on any atom is 0.331 e. The van der Waals surface area contributed by atoms with E-state index >= 15 is 0 Å². The summed E-state index contributed by atoms with van der Waals surface area (Å²) >= 11 is 0. The Kier molecular flexibility index (Phi) is 3.46. The lowest BCUT2D eigenvalue weighted by atomic mass is 10.1. The number of carboxylic acids is 1. The summed E-state index contributed by atoms with van der Waals surface area (Å²) in [6, 6.07) is 0. The molecule has 2 N–H and O–H groups in total. The van der Waals surface area contributed by atoms with Gasteiger partial charge in [0.05, 0.1) is 17.6 Å². The number of aliphatic carboxylic acids is 1. The van der Waals surface area contributed by atoms with Gasteiger partial charge in [0.2, 0.25) is 5.76 Å². The topological polar surface area (TPSA) is 110 Å². The van der Waals surface area contributed by atoms with Crippen molar-refractivity contribution in [3.05, 3.63) is 29.7 Å². The van der Waals surface area contributed by atoms with Gasteiger partial charge in [-0.3, -0.25) is 9.48 Å². The Morgan fingerprint density at radius 1 is 1.43 bits per heavy atom. The van der Waals surface area contributed by atoms with Gasteiger partial charge in [-0.05, 0) is 33.6 Å². The van der Waals surface area contributed by atoms with Gasteiger partial charge in [0.15, 0.2) is 11.4 Å². The van der Waals surface area contributed by atoms with Crippen molar-refractivity contribution in [2.24, 2.45) is 0 Å². The predicted octanol–water partition coefficient (Wildman–Crippen LogP) is 2.13. The first-order valence-electron chi connectivity index (χ1n) is 7.36. The molecule has 2 aromatic heterocycles. The molecule has 0 atom stereocenters. The van der Waals surface area contributed by atoms with Crippen LogP contribution in [-0.2, 0) is 10.3 Å². The van der Waals surface area contributed by atoms with Gasteiger partial charge in [-0.25, -0.2) is 9.78 Å². The summed E-state index contributed by atoms with van der Waals surface area (Å²) in [5.41, 5.74) is -0.264. The third-order valence-electron chi connectivity index (χ3n) is 3.88. The monoisotopic (exact) mass is 318 g/mol. The summed E-state index contributed by atoms with van der Waals surface area (Å²) < 4.78 is 6.83. The van der Waals surface area contributed by atoms with Gasteiger partial charge >= 0.3 is 5.97 Å². The second-order valence-electron chi connectivity index (χ2n) is 6.23. The number of carbonyl (C=O) groups is 2. The molecule has 2 aromatic rings. The first-order chi connectivity index (χ1) is 10.8. The molecule has 0 bridgehead atoms. The molecule has 1 fully saturated rings. The van der Waals surface area contributed by atoms with Gasteiger partial charge in [0.25, 0.3) is 5.91 Å². The predicted molar refractivity (Wildman–Crippen MR) is 80.4 cm³/mol. The summed E-state index contributed by atoms with van der Waals surface area (Å²) in [6.45, 7) is 4.77. The van der Waals surface area contributed by atoms with E-state index in [-0.39, 0.29) is 5.76 Å². The second-order valence-corrected chi connectivity index (χ2v) is 6.23. The number of aromatic nitrogens is 3. The minimum Gasteiger partial charge on any atom is -0.479 e. The molecule has 1 aliphatic rings. The Morgan fingerprint density at radius 3 is 2.74 bits per heavy atom. The fourth-order valence-electron chi connectivity index (χ4n) is 2.11. The van der Waals surface area contributed by atoms with Crippen LogP contribution in [0, 0.1) is 6.92 Å². The van der Waals surface area contributed by atoms with E-state index in [4.69, 9.17) is 4.42 Å². The summed E-state index contributed by atoms with van der Waals surface area (Å²) in [6.07, 6.45) is 4.95. The lowest BCUT2D eigenvalue weighted by Gasteiger charge is -2.19. The van der Waals surface area contributed by atoms with Crippen molar-refractivity contribution >= 4 is 17.6 Å². The van der Waals surface area contributed by atoms with Gasteiger partial charge in [-0.1, -0.05) is 0 Å². The zero-order valence-corrected chi connectivity index (χ0v) is 13.2. The van der Waals surface area contributed by atoms with Crippen molar-refractivity contribution in [1.82, 2.24) is 14.8 Å². The summed E-state index contributed by atoms with van der Waals surface area (Å²) in [4.78, 5) is 27.8. The fraction of sp³-hybridized carbons (Fsp3) is 0.467. The minimum absolute atomic E-state index is 0.178. The molecule has 0 aliphatic heterocycles. The van der Waals surface area contributed by atoms with Gasteiger partial charge < -0.3 is 14.8 Å². The molecule has 23 heavy (non-hydrogen) atoms. The zero-order valence-electron chi connectivity index (χ0n) is 13.2. The molecule has 1 aliphatic carbocycles. The van der Waals surface area contributed by atoms with Crippen LogP contribution in [-0.4, -0.2) is 31.7 Å². The molecule has 0 saturated heterocycles. The average molecular weight is 318 g/mol. The van der Waals surface area contributed by atoms with Crippen molar-refractivity contribution in [1.29, 1.82) is 0 Å². The molecular formula is C15H18N4O4. The van der Waals surface area contributed by atoms with Crippen LogP contribution in [0.15, 0.2) is 16.8 Å². The van der Waals surface area contributed by atoms with E-state index in [1.165, 1.54) is 30.9 Å². The van der Waals surface area contributed by atoms with Gasteiger partial charge in [-0.15, -0.1) is 0 Å². The third kappa shape index (κ3) is 2.84. The molecule has 122 valence electrons. The normalized spacial score (nSPS) is 14.7. The molecule has 1 saturated carbocycles. The number of anilines is 1. The zero-order chi connectivity index (χ0) is 16.8. The molecule has 0 radical (unpaired) electrons. The Balaban J connectivity index is 1.76. The Labute approximate surface area is 132 Å². The van der Waals surface area contributed by atoms with E-state index in [1.807, 2.05) is 0 Å². The standard InChI is InChI=1S/C15H18N4O4/c1-8-11(23-13(17-8)9-4-5-9)12(20)18-10-6-16-19(7-10)15(2,3)14(21)22/h6-7,9H,4-5H2,1-3H3,(H,18,20)(H,21,22). The molecule has 0 aromatic carbocycles. The highest BCUT2D eigenvalue weighted by molar-refractivity contribution is 6.02. The van der Waals surface area contributed by atoms with Gasteiger partial charge in [0, 0.05) is 12.1 Å². The number of amides is 1. The Morgan fingerprint density at radius 2 is 2.13 bits per heavy atom. The molecule has 2 heterocycles. The summed E-state index contributed by atoms with van der Waals surface area (Å²) in [5, 5.41) is 15.8. The smallest absolute Gasteiger partial charge is 0.331 e. The van der Waals surface area contributed by atoms with Crippen LogP contribution in [0.25, 0.3) is 0 Å². The van der Waals surface area contributed by atoms with Crippen LogP contribution in [0.2, 0.25) is 0 Å². The van der Waals surface area contributed by atoms with Crippen LogP contribution in [0.1, 0.15) is 54.7 Å². The average Bonchev–Trinajstić information content (AvgIpc) is 3.09. The lowest BCUT2D eigenvalue weighted by molar-refractivity contribution is -0.146. The maximum atomic E-state index is 12.3. The Hall–Kier alpha value is -2.64. The van der Waals surface area contributed by atoms with Crippen LogP contribution in [0.5, 0.6) is 0 Å². The van der Waals surface area contributed by atoms with Crippen molar-refractivity contribution in [3.63, 3.8) is 0 Å². The minimum atomic E-state index is -1.20. The third-order valence-corrected chi connectivity index (χ3v) is 3.88. The number of hydrogen-bond acceptors (Lipinski definition) is 5. The van der Waals surface area contributed by atoms with Crippen LogP contribution < -0.4 is 5.32 Å². The number of carboxylic acid groups (broad SMARTS) is 1. The van der Waals surface area contributed by atoms with E-state index in [2.05, 4.69) is 15.4 Å². The van der Waals surface area contributed by atoms with Crippen molar-refractivity contribution in [2.45, 2.75) is 45.1 Å². The van der Waals surface area contributed by atoms with Crippen molar-refractivity contribution in [3.8, 4) is 0 Å². The first kappa shape index (κ1) is 15.3. The summed E-state index contributed by atoms with van der Waals surface area (Å²) in [7, 11) is 0. The second kappa shape index (κ2) is 5.22. The number of aryl methyl sites for hydroxylation is 1. The fourth-order valence-corrected chi connectivity index (χ4v) is 2.11. The van der Waals surface area contributed by atoms with Gasteiger partial charge in [0.1, 0.15) is 0 Å². The number of carbonyl (C=O) groups excluding carboxylic acids is 1. The van der Waals surface area contributed by atoms with E-state index in [0.29, 0.717) is 23.2 Å². The van der Waals surface area contributed by atoms with Crippen LogP contribution in [0.4, 0.5) is 5.69 Å². The number of hydrogen-bond donors (Lipinski definition) is 2. The van der Waals surface area contributed by atoms with Crippen molar-refractivity contribution in [2.75, 3.05) is 5.32 Å². The molecule has 8 heteroatoms. The highest BCUT2D eigenvalue weighted by Gasteiger charge is 2.32. The van der Waals surface area contributed by atoms with Crippen LogP contribution >= 0.6 is 0 Å². The molecule has 3 rings (SSSR count). The van der Waals surface area contributed by atoms with E-state index in [9.17, 15) is 14.7 Å². The molecule has 0 unspecified atom stereocenters. The van der Waals surface area contributed by atoms with E-state index in [1.54, 1.807) is 6.92 Å². The Bertz CT molecular complexity index is 770. The lowest BCUT2D eigenvalue weighted by Crippen LogP contribution is -2.35. The number of nitrogens with zero attached hydrogens (tertiary/aromatic N) is 3. The molecule has 8 nitrogen and oxygen atoms in total. The highest BCUT2D eigenvalue weighted by Crippen LogP contribution is 2.40. The SMILES string of the molecule is Cc1nc(C2CC2)oc1C(=O)Nc1cnn(C(C)(C)C(=O)O)c1. The highest BCUT2D eigenvalue weighted by atomic mass is 16.4. The number of nitrogens with one attached hydrogen (secondary N) is 1.